The van der Waals surface area contributed by atoms with Gasteiger partial charge in [0.15, 0.2) is 0 Å². The molecule has 0 saturated carbocycles. The van der Waals surface area contributed by atoms with E-state index in [-0.39, 0.29) is 17.9 Å². The number of fused-ring (bicyclic) bond motifs is 1. The van der Waals surface area contributed by atoms with Crippen LogP contribution in [0.3, 0.4) is 0 Å². The molecule has 1 unspecified atom stereocenters. The molecular weight excluding hydrogens is 394 g/mol. The zero-order valence-electron chi connectivity index (χ0n) is 19.3. The van der Waals surface area contributed by atoms with E-state index in [1.807, 2.05) is 53.7 Å². The van der Waals surface area contributed by atoms with Crippen LogP contribution in [0, 0.1) is 5.92 Å². The SMILES string of the molecule is CC(C)(C)OC(=O)c1ccc(-c2nc3n(c2CN)CC(C(=O)OC(C)(C)C)CC3)cc1. The number of carbonyl (C=O) groups excluding carboxylic acids is 2. The van der Waals surface area contributed by atoms with Gasteiger partial charge < -0.3 is 19.8 Å². The Bertz CT molecular complexity index is 962. The number of imidazole rings is 1. The quantitative estimate of drug-likeness (QED) is 0.744. The second-order valence-electron chi connectivity index (χ2n) is 9.99. The highest BCUT2D eigenvalue weighted by Gasteiger charge is 2.32. The predicted octanol–water partition coefficient (Wildman–Crippen LogP) is 3.87. The molecule has 168 valence electrons. The predicted molar refractivity (Wildman–Crippen MR) is 118 cm³/mol. The number of hydrogen-bond donors (Lipinski definition) is 1. The van der Waals surface area contributed by atoms with Crippen molar-refractivity contribution in [1.29, 1.82) is 0 Å². The zero-order chi connectivity index (χ0) is 23.0. The number of esters is 2. The normalized spacial score (nSPS) is 16.5. The van der Waals surface area contributed by atoms with Crippen LogP contribution < -0.4 is 5.73 Å². The maximum absolute atomic E-state index is 12.6. The number of rotatable bonds is 4. The molecule has 1 atom stereocenters. The van der Waals surface area contributed by atoms with Gasteiger partial charge in [-0.1, -0.05) is 12.1 Å². The number of hydrogen-bond acceptors (Lipinski definition) is 6. The van der Waals surface area contributed by atoms with E-state index in [4.69, 9.17) is 20.2 Å². The summed E-state index contributed by atoms with van der Waals surface area (Å²) in [6.07, 6.45) is 1.39. The van der Waals surface area contributed by atoms with Gasteiger partial charge in [0.2, 0.25) is 0 Å². The Kier molecular flexibility index (Phi) is 6.28. The largest absolute Gasteiger partial charge is 0.460 e. The standard InChI is InChI=1S/C24H33N3O4/c1-23(2,3)30-21(28)16-9-7-15(8-10-16)20-18(13-25)27-14-17(11-12-19(27)26-20)22(29)31-24(4,5)6/h7-10,17H,11-14,25H2,1-6H3. The van der Waals surface area contributed by atoms with Crippen LogP contribution in [0.5, 0.6) is 0 Å². The molecule has 0 aliphatic carbocycles. The smallest absolute Gasteiger partial charge is 0.338 e. The van der Waals surface area contributed by atoms with Crippen molar-refractivity contribution in [3.63, 3.8) is 0 Å². The fraction of sp³-hybridized carbons (Fsp3) is 0.542. The Labute approximate surface area is 183 Å². The Morgan fingerprint density at radius 1 is 1.06 bits per heavy atom. The van der Waals surface area contributed by atoms with Crippen molar-refractivity contribution in [2.75, 3.05) is 0 Å². The van der Waals surface area contributed by atoms with Crippen molar-refractivity contribution < 1.29 is 19.1 Å². The highest BCUT2D eigenvalue weighted by Crippen LogP contribution is 2.31. The molecule has 0 amide bonds. The van der Waals surface area contributed by atoms with Crippen LogP contribution in [0.2, 0.25) is 0 Å². The molecule has 7 heteroatoms. The average Bonchev–Trinajstić information content (AvgIpc) is 3.03. The topological polar surface area (TPSA) is 96.4 Å². The minimum atomic E-state index is -0.546. The average molecular weight is 428 g/mol. The van der Waals surface area contributed by atoms with Gasteiger partial charge in [-0.15, -0.1) is 0 Å². The first-order valence-corrected chi connectivity index (χ1v) is 10.7. The molecule has 2 N–H and O–H groups in total. The lowest BCUT2D eigenvalue weighted by Gasteiger charge is -2.27. The van der Waals surface area contributed by atoms with Crippen LogP contribution in [-0.2, 0) is 33.8 Å². The van der Waals surface area contributed by atoms with Crippen LogP contribution in [0.25, 0.3) is 11.3 Å². The van der Waals surface area contributed by atoms with Crippen LogP contribution in [-0.4, -0.2) is 32.7 Å². The molecule has 2 heterocycles. The molecule has 0 saturated heterocycles. The van der Waals surface area contributed by atoms with Gasteiger partial charge in [0.05, 0.1) is 22.9 Å². The summed E-state index contributed by atoms with van der Waals surface area (Å²) >= 11 is 0. The molecule has 1 aromatic carbocycles. The molecule has 1 aliphatic heterocycles. The van der Waals surface area contributed by atoms with Crippen molar-refractivity contribution in [2.24, 2.45) is 11.7 Å². The Morgan fingerprint density at radius 2 is 1.68 bits per heavy atom. The van der Waals surface area contributed by atoms with Crippen LogP contribution >= 0.6 is 0 Å². The molecular formula is C24H33N3O4. The summed E-state index contributed by atoms with van der Waals surface area (Å²) in [7, 11) is 0. The van der Waals surface area contributed by atoms with Gasteiger partial charge in [0.1, 0.15) is 17.0 Å². The van der Waals surface area contributed by atoms with Gasteiger partial charge in [-0.05, 0) is 60.1 Å². The zero-order valence-corrected chi connectivity index (χ0v) is 19.3. The van der Waals surface area contributed by atoms with Crippen molar-refractivity contribution in [3.05, 3.63) is 41.3 Å². The highest BCUT2D eigenvalue weighted by molar-refractivity contribution is 5.90. The number of nitrogens with zero attached hydrogens (tertiary/aromatic N) is 2. The number of nitrogens with two attached hydrogens (primary N) is 1. The molecule has 1 aliphatic rings. The number of benzene rings is 1. The van der Waals surface area contributed by atoms with E-state index in [1.54, 1.807) is 12.1 Å². The third-order valence-corrected chi connectivity index (χ3v) is 5.00. The van der Waals surface area contributed by atoms with Gasteiger partial charge in [-0.3, -0.25) is 4.79 Å². The molecule has 31 heavy (non-hydrogen) atoms. The molecule has 1 aromatic heterocycles. The molecule has 0 bridgehead atoms. The number of ether oxygens (including phenoxy) is 2. The molecule has 0 spiro atoms. The van der Waals surface area contributed by atoms with E-state index >= 15 is 0 Å². The van der Waals surface area contributed by atoms with E-state index in [1.165, 1.54) is 0 Å². The van der Waals surface area contributed by atoms with Crippen molar-refractivity contribution in [3.8, 4) is 11.3 Å². The second kappa shape index (κ2) is 8.46. The summed E-state index contributed by atoms with van der Waals surface area (Å²) in [5, 5.41) is 0. The number of aryl methyl sites for hydroxylation is 1. The van der Waals surface area contributed by atoms with Gasteiger partial charge in [0, 0.05) is 25.1 Å². The fourth-order valence-corrected chi connectivity index (χ4v) is 3.68. The summed E-state index contributed by atoms with van der Waals surface area (Å²) in [4.78, 5) is 29.7. The lowest BCUT2D eigenvalue weighted by molar-refractivity contribution is -0.161. The van der Waals surface area contributed by atoms with Gasteiger partial charge in [-0.2, -0.15) is 0 Å². The molecule has 0 radical (unpaired) electrons. The van der Waals surface area contributed by atoms with Gasteiger partial charge >= 0.3 is 11.9 Å². The molecule has 3 rings (SSSR count). The monoisotopic (exact) mass is 427 g/mol. The number of carbonyl (C=O) groups is 2. The third kappa shape index (κ3) is 5.53. The summed E-state index contributed by atoms with van der Waals surface area (Å²) in [6, 6.07) is 7.20. The minimum Gasteiger partial charge on any atom is -0.460 e. The first-order valence-electron chi connectivity index (χ1n) is 10.7. The fourth-order valence-electron chi connectivity index (χ4n) is 3.68. The minimum absolute atomic E-state index is 0.182. The van der Waals surface area contributed by atoms with E-state index in [0.29, 0.717) is 31.5 Å². The summed E-state index contributed by atoms with van der Waals surface area (Å²) < 4.78 is 13.1. The molecule has 2 aromatic rings. The maximum Gasteiger partial charge on any atom is 0.338 e. The second-order valence-corrected chi connectivity index (χ2v) is 9.99. The van der Waals surface area contributed by atoms with E-state index < -0.39 is 11.2 Å². The van der Waals surface area contributed by atoms with E-state index in [0.717, 1.165) is 22.8 Å². The molecule has 0 fully saturated rings. The van der Waals surface area contributed by atoms with Crippen LogP contribution in [0.15, 0.2) is 24.3 Å². The van der Waals surface area contributed by atoms with Gasteiger partial charge in [-0.25, -0.2) is 9.78 Å². The van der Waals surface area contributed by atoms with Crippen LogP contribution in [0.4, 0.5) is 0 Å². The van der Waals surface area contributed by atoms with Gasteiger partial charge in [0.25, 0.3) is 0 Å². The lowest BCUT2D eigenvalue weighted by Crippen LogP contribution is -2.34. The van der Waals surface area contributed by atoms with Crippen molar-refractivity contribution in [2.45, 2.75) is 78.7 Å². The Balaban J connectivity index is 1.84. The Hall–Kier alpha value is -2.67. The van der Waals surface area contributed by atoms with Crippen molar-refractivity contribution >= 4 is 11.9 Å². The lowest BCUT2D eigenvalue weighted by atomic mass is 9.99. The summed E-state index contributed by atoms with van der Waals surface area (Å²) in [6.45, 7) is 12.0. The van der Waals surface area contributed by atoms with E-state index in [9.17, 15) is 9.59 Å². The third-order valence-electron chi connectivity index (χ3n) is 5.00. The number of aromatic nitrogens is 2. The summed E-state index contributed by atoms with van der Waals surface area (Å²) in [5.41, 5.74) is 8.06. The van der Waals surface area contributed by atoms with Crippen LogP contribution in [0.1, 0.15) is 69.8 Å². The summed E-state index contributed by atoms with van der Waals surface area (Å²) in [5.74, 6) is 0.167. The highest BCUT2D eigenvalue weighted by atomic mass is 16.6. The first kappa shape index (κ1) is 23.0. The van der Waals surface area contributed by atoms with Crippen molar-refractivity contribution in [1.82, 2.24) is 9.55 Å². The maximum atomic E-state index is 12.6. The molecule has 7 nitrogen and oxygen atoms in total. The Morgan fingerprint density at radius 3 is 2.23 bits per heavy atom. The van der Waals surface area contributed by atoms with E-state index in [2.05, 4.69) is 4.57 Å². The first-order chi connectivity index (χ1) is 14.4.